The molecule has 2 bridgehead atoms. The third kappa shape index (κ3) is 3.87. The summed E-state index contributed by atoms with van der Waals surface area (Å²) in [5.74, 6) is 1.26. The van der Waals surface area contributed by atoms with Crippen molar-refractivity contribution in [3.8, 4) is 0 Å². The number of hydrogen-bond acceptors (Lipinski definition) is 8. The van der Waals surface area contributed by atoms with Crippen LogP contribution in [0, 0.1) is 0 Å². The summed E-state index contributed by atoms with van der Waals surface area (Å²) in [4.78, 5) is 4.66. The maximum absolute atomic E-state index is 11.2. The second-order valence-electron chi connectivity index (χ2n) is 8.15. The molecule has 1 aromatic heterocycles. The lowest BCUT2D eigenvalue weighted by Gasteiger charge is -2.47. The number of aliphatic hydroxyl groups excluding tert-OH is 2. The Morgan fingerprint density at radius 1 is 1.00 bits per heavy atom. The standard InChI is InChI=1S/C22H29N3O5/c26-13-17-7-6-16(29-17)12-23-19-18-14-28-22(30-18)20(21(19)27)25-10-8-24(9-11-25)15-4-2-1-3-5-15/h1-7,18-23,26-27H,8-14H2/t18-,19-,20-,21+,22-/m1/s1. The van der Waals surface area contributed by atoms with Crippen LogP contribution < -0.4 is 10.2 Å². The molecule has 4 heterocycles. The minimum atomic E-state index is -0.605. The number of anilines is 1. The summed E-state index contributed by atoms with van der Waals surface area (Å²) >= 11 is 0. The molecule has 0 unspecified atom stereocenters. The number of fused-ring (bicyclic) bond motifs is 2. The Morgan fingerprint density at radius 2 is 1.77 bits per heavy atom. The summed E-state index contributed by atoms with van der Waals surface area (Å²) in [7, 11) is 0. The van der Waals surface area contributed by atoms with Gasteiger partial charge in [-0.05, 0) is 24.3 Å². The molecule has 162 valence electrons. The molecule has 3 saturated heterocycles. The van der Waals surface area contributed by atoms with Crippen molar-refractivity contribution in [3.63, 3.8) is 0 Å². The second kappa shape index (κ2) is 8.66. The SMILES string of the molecule is OCc1ccc(CN[C@H]2[C@H](O)[C@@H](N3CCN(c4ccccc4)CC3)[C@@H]3OC[C@H]2O3)o1. The van der Waals surface area contributed by atoms with Gasteiger partial charge in [0, 0.05) is 31.9 Å². The number of rotatable bonds is 6. The molecule has 3 aliphatic rings. The van der Waals surface area contributed by atoms with Gasteiger partial charge in [0.15, 0.2) is 6.29 Å². The van der Waals surface area contributed by atoms with Crippen LogP contribution in [0.3, 0.4) is 0 Å². The Bertz CT molecular complexity index is 823. The van der Waals surface area contributed by atoms with Crippen molar-refractivity contribution in [1.29, 1.82) is 0 Å². The average molecular weight is 415 g/mol. The van der Waals surface area contributed by atoms with E-state index in [1.165, 1.54) is 5.69 Å². The van der Waals surface area contributed by atoms with Crippen LogP contribution in [0.4, 0.5) is 5.69 Å². The summed E-state index contributed by atoms with van der Waals surface area (Å²) in [5.41, 5.74) is 1.23. The van der Waals surface area contributed by atoms with Crippen molar-refractivity contribution < 1.29 is 24.1 Å². The van der Waals surface area contributed by atoms with E-state index >= 15 is 0 Å². The molecule has 8 heteroatoms. The molecule has 30 heavy (non-hydrogen) atoms. The maximum atomic E-state index is 11.2. The van der Waals surface area contributed by atoms with Gasteiger partial charge in [0.25, 0.3) is 0 Å². The molecular weight excluding hydrogens is 386 g/mol. The number of nitrogens with zero attached hydrogens (tertiary/aromatic N) is 2. The fraction of sp³-hybridized carbons (Fsp3) is 0.545. The lowest BCUT2D eigenvalue weighted by Crippen LogP contribution is -2.66. The van der Waals surface area contributed by atoms with Gasteiger partial charge >= 0.3 is 0 Å². The molecule has 3 fully saturated rings. The smallest absolute Gasteiger partial charge is 0.176 e. The number of para-hydroxylation sites is 1. The van der Waals surface area contributed by atoms with Crippen LogP contribution in [0.15, 0.2) is 46.9 Å². The predicted octanol–water partition coefficient (Wildman–Crippen LogP) is 0.537. The Morgan fingerprint density at radius 3 is 2.50 bits per heavy atom. The van der Waals surface area contributed by atoms with Crippen LogP contribution in [-0.2, 0) is 22.6 Å². The highest BCUT2D eigenvalue weighted by Crippen LogP contribution is 2.32. The van der Waals surface area contributed by atoms with Gasteiger partial charge in [-0.2, -0.15) is 0 Å². The molecule has 0 amide bonds. The van der Waals surface area contributed by atoms with Gasteiger partial charge in [-0.3, -0.25) is 4.90 Å². The van der Waals surface area contributed by atoms with Gasteiger partial charge in [-0.1, -0.05) is 18.2 Å². The molecule has 0 spiro atoms. The first-order valence-electron chi connectivity index (χ1n) is 10.6. The normalized spacial score (nSPS) is 31.9. The van der Waals surface area contributed by atoms with Crippen LogP contribution in [0.1, 0.15) is 11.5 Å². The van der Waals surface area contributed by atoms with Crippen LogP contribution in [-0.4, -0.2) is 78.5 Å². The van der Waals surface area contributed by atoms with E-state index in [1.54, 1.807) is 6.07 Å². The van der Waals surface area contributed by atoms with Gasteiger partial charge < -0.3 is 34.3 Å². The number of ether oxygens (including phenoxy) is 2. The Kier molecular flexibility index (Phi) is 5.77. The molecule has 5 atom stereocenters. The zero-order valence-electron chi connectivity index (χ0n) is 16.9. The number of nitrogens with one attached hydrogen (secondary N) is 1. The topological polar surface area (TPSA) is 90.6 Å². The van der Waals surface area contributed by atoms with E-state index in [2.05, 4.69) is 39.4 Å². The Hall–Kier alpha value is -1.94. The van der Waals surface area contributed by atoms with E-state index in [0.717, 1.165) is 31.9 Å². The highest BCUT2D eigenvalue weighted by Gasteiger charge is 2.52. The highest BCUT2D eigenvalue weighted by molar-refractivity contribution is 5.46. The van der Waals surface area contributed by atoms with E-state index in [1.807, 2.05) is 12.1 Å². The lowest BCUT2D eigenvalue weighted by atomic mass is 9.94. The van der Waals surface area contributed by atoms with Gasteiger partial charge in [0.1, 0.15) is 24.2 Å². The van der Waals surface area contributed by atoms with Gasteiger partial charge in [-0.25, -0.2) is 0 Å². The number of furan rings is 1. The summed E-state index contributed by atoms with van der Waals surface area (Å²) in [6.07, 6.45) is -1.18. The molecule has 0 saturated carbocycles. The van der Waals surface area contributed by atoms with Crippen molar-refractivity contribution in [2.45, 2.75) is 43.7 Å². The quantitative estimate of drug-likeness (QED) is 0.630. The third-order valence-electron chi connectivity index (χ3n) is 6.37. The number of benzene rings is 1. The minimum absolute atomic E-state index is 0.121. The summed E-state index contributed by atoms with van der Waals surface area (Å²) in [6.45, 7) is 4.30. The van der Waals surface area contributed by atoms with Crippen molar-refractivity contribution in [1.82, 2.24) is 10.2 Å². The van der Waals surface area contributed by atoms with E-state index < -0.39 is 12.4 Å². The number of piperazine rings is 1. The molecule has 5 rings (SSSR count). The van der Waals surface area contributed by atoms with E-state index in [4.69, 9.17) is 19.0 Å². The Labute approximate surface area is 176 Å². The molecule has 3 N–H and O–H groups in total. The first kappa shape index (κ1) is 20.0. The first-order valence-corrected chi connectivity index (χ1v) is 10.6. The molecule has 8 nitrogen and oxygen atoms in total. The Balaban J connectivity index is 1.23. The minimum Gasteiger partial charge on any atom is -0.462 e. The molecule has 1 aromatic carbocycles. The first-order chi connectivity index (χ1) is 14.7. The number of hydrogen-bond donors (Lipinski definition) is 3. The lowest BCUT2D eigenvalue weighted by molar-refractivity contribution is -0.183. The van der Waals surface area contributed by atoms with Crippen molar-refractivity contribution >= 4 is 5.69 Å². The van der Waals surface area contributed by atoms with Crippen LogP contribution in [0.5, 0.6) is 0 Å². The molecule has 3 aliphatic heterocycles. The van der Waals surface area contributed by atoms with Crippen LogP contribution >= 0.6 is 0 Å². The van der Waals surface area contributed by atoms with E-state index in [-0.39, 0.29) is 24.8 Å². The van der Waals surface area contributed by atoms with E-state index in [0.29, 0.717) is 18.9 Å². The molecule has 0 radical (unpaired) electrons. The summed E-state index contributed by atoms with van der Waals surface area (Å²) in [6, 6.07) is 13.6. The van der Waals surface area contributed by atoms with Gasteiger partial charge in [0.05, 0.1) is 31.3 Å². The zero-order valence-corrected chi connectivity index (χ0v) is 16.9. The van der Waals surface area contributed by atoms with Gasteiger partial charge in [-0.15, -0.1) is 0 Å². The fourth-order valence-electron chi connectivity index (χ4n) is 4.78. The molecular formula is C22H29N3O5. The predicted molar refractivity (Wildman–Crippen MR) is 110 cm³/mol. The molecule has 2 aromatic rings. The second-order valence-corrected chi connectivity index (χ2v) is 8.15. The largest absolute Gasteiger partial charge is 0.462 e. The van der Waals surface area contributed by atoms with Crippen LogP contribution in [0.2, 0.25) is 0 Å². The summed E-state index contributed by atoms with van der Waals surface area (Å²) < 4.78 is 17.5. The monoisotopic (exact) mass is 415 g/mol. The van der Waals surface area contributed by atoms with Crippen molar-refractivity contribution in [2.24, 2.45) is 0 Å². The highest BCUT2D eigenvalue weighted by atomic mass is 16.7. The molecule has 0 aliphatic carbocycles. The van der Waals surface area contributed by atoms with Crippen molar-refractivity contribution in [2.75, 3.05) is 37.7 Å². The average Bonchev–Trinajstić information content (AvgIpc) is 3.43. The third-order valence-corrected chi connectivity index (χ3v) is 6.37. The van der Waals surface area contributed by atoms with Crippen LogP contribution in [0.25, 0.3) is 0 Å². The van der Waals surface area contributed by atoms with Gasteiger partial charge in [0.2, 0.25) is 0 Å². The zero-order chi connectivity index (χ0) is 20.5. The fourth-order valence-corrected chi connectivity index (χ4v) is 4.78. The van der Waals surface area contributed by atoms with E-state index in [9.17, 15) is 5.11 Å². The summed E-state index contributed by atoms with van der Waals surface area (Å²) in [5, 5.41) is 23.8. The maximum Gasteiger partial charge on any atom is 0.176 e. The van der Waals surface area contributed by atoms with Crippen molar-refractivity contribution in [3.05, 3.63) is 54.0 Å². The number of aliphatic hydroxyl groups is 2.